The summed E-state index contributed by atoms with van der Waals surface area (Å²) in [6, 6.07) is 76.1. The molecular formula is C54H35NO. The minimum absolute atomic E-state index is 0.465. The molecule has 262 valence electrons. The molecule has 1 aliphatic rings. The van der Waals surface area contributed by atoms with Gasteiger partial charge in [-0.2, -0.15) is 0 Å². The van der Waals surface area contributed by atoms with Crippen LogP contribution < -0.4 is 0 Å². The van der Waals surface area contributed by atoms with E-state index < -0.39 is 5.41 Å². The topological polar surface area (TPSA) is 26.0 Å². The number of hydrogen-bond acceptors (Lipinski definition) is 2. The van der Waals surface area contributed by atoms with Crippen molar-refractivity contribution >= 4 is 21.9 Å². The quantitative estimate of drug-likeness (QED) is 0.171. The minimum Gasteiger partial charge on any atom is -0.456 e. The Labute approximate surface area is 326 Å². The summed E-state index contributed by atoms with van der Waals surface area (Å²) in [5.41, 5.74) is 17.5. The monoisotopic (exact) mass is 713 g/mol. The van der Waals surface area contributed by atoms with Crippen LogP contribution in [0.25, 0.3) is 77.8 Å². The lowest BCUT2D eigenvalue weighted by atomic mass is 9.67. The summed E-state index contributed by atoms with van der Waals surface area (Å²) in [6.45, 7) is 0. The van der Waals surface area contributed by atoms with Crippen molar-refractivity contribution in [1.29, 1.82) is 0 Å². The van der Waals surface area contributed by atoms with Gasteiger partial charge in [-0.3, -0.25) is 0 Å². The van der Waals surface area contributed by atoms with E-state index in [0.717, 1.165) is 66.7 Å². The highest BCUT2D eigenvalue weighted by atomic mass is 16.3. The third-order valence-electron chi connectivity index (χ3n) is 11.6. The van der Waals surface area contributed by atoms with E-state index in [4.69, 9.17) is 9.40 Å². The third-order valence-corrected chi connectivity index (χ3v) is 11.6. The molecule has 0 unspecified atom stereocenters. The molecule has 0 radical (unpaired) electrons. The van der Waals surface area contributed by atoms with E-state index in [-0.39, 0.29) is 0 Å². The first-order valence-electron chi connectivity index (χ1n) is 19.2. The summed E-state index contributed by atoms with van der Waals surface area (Å²) in [6.07, 6.45) is 0. The highest BCUT2D eigenvalue weighted by Crippen LogP contribution is 2.57. The summed E-state index contributed by atoms with van der Waals surface area (Å²) >= 11 is 0. The van der Waals surface area contributed by atoms with Gasteiger partial charge >= 0.3 is 0 Å². The Bertz CT molecular complexity index is 2940. The van der Waals surface area contributed by atoms with Crippen molar-refractivity contribution in [2.75, 3.05) is 0 Å². The van der Waals surface area contributed by atoms with E-state index in [0.29, 0.717) is 0 Å². The van der Waals surface area contributed by atoms with Crippen molar-refractivity contribution in [3.8, 4) is 55.9 Å². The van der Waals surface area contributed by atoms with Gasteiger partial charge in [-0.15, -0.1) is 0 Å². The number of hydrogen-bond donors (Lipinski definition) is 0. The molecule has 0 atom stereocenters. The molecule has 2 heteroatoms. The zero-order valence-corrected chi connectivity index (χ0v) is 30.6. The first-order valence-corrected chi connectivity index (χ1v) is 19.2. The van der Waals surface area contributed by atoms with E-state index in [9.17, 15) is 0 Å². The summed E-state index contributed by atoms with van der Waals surface area (Å²) in [7, 11) is 0. The number of benzene rings is 8. The first kappa shape index (κ1) is 32.2. The molecule has 2 heterocycles. The van der Waals surface area contributed by atoms with E-state index in [1.165, 1.54) is 33.4 Å². The summed E-state index contributed by atoms with van der Waals surface area (Å²) in [5, 5.41) is 2.25. The maximum atomic E-state index is 6.80. The van der Waals surface area contributed by atoms with E-state index in [2.05, 4.69) is 200 Å². The molecule has 0 saturated carbocycles. The van der Waals surface area contributed by atoms with Crippen molar-refractivity contribution in [3.63, 3.8) is 0 Å². The van der Waals surface area contributed by atoms with E-state index >= 15 is 0 Å². The normalized spacial score (nSPS) is 12.8. The van der Waals surface area contributed by atoms with Crippen molar-refractivity contribution in [1.82, 2.24) is 4.98 Å². The zero-order chi connectivity index (χ0) is 37.1. The SMILES string of the molecule is c1ccc(-c2cc(-c3ccc(-c4ccc5c(c4)oc4cc6c(cc45)-c4ccccc4C6(c4ccccc4)c4ccccc4)cc3)cc(-c3ccccc3)n2)cc1. The van der Waals surface area contributed by atoms with Gasteiger partial charge in [-0.25, -0.2) is 4.98 Å². The predicted molar refractivity (Wildman–Crippen MR) is 231 cm³/mol. The lowest BCUT2D eigenvalue weighted by Gasteiger charge is -2.33. The Morgan fingerprint density at radius 3 is 1.43 bits per heavy atom. The lowest BCUT2D eigenvalue weighted by molar-refractivity contribution is 0.666. The molecule has 8 aromatic carbocycles. The number of rotatable bonds is 6. The van der Waals surface area contributed by atoms with Gasteiger partial charge in [-0.1, -0.05) is 176 Å². The van der Waals surface area contributed by atoms with Crippen LogP contribution in [0.5, 0.6) is 0 Å². The van der Waals surface area contributed by atoms with Crippen molar-refractivity contribution in [2.45, 2.75) is 5.41 Å². The fourth-order valence-corrected chi connectivity index (χ4v) is 8.96. The molecular weight excluding hydrogens is 679 g/mol. The van der Waals surface area contributed by atoms with Crippen molar-refractivity contribution < 1.29 is 4.42 Å². The molecule has 0 spiro atoms. The van der Waals surface area contributed by atoms with Crippen molar-refractivity contribution in [3.05, 3.63) is 235 Å². The number of furan rings is 1. The Morgan fingerprint density at radius 2 is 0.821 bits per heavy atom. The Hall–Kier alpha value is -7.29. The second kappa shape index (κ2) is 12.9. The smallest absolute Gasteiger partial charge is 0.136 e. The summed E-state index contributed by atoms with van der Waals surface area (Å²) in [4.78, 5) is 5.07. The van der Waals surface area contributed by atoms with Crippen molar-refractivity contribution in [2.24, 2.45) is 0 Å². The molecule has 2 aromatic heterocycles. The van der Waals surface area contributed by atoms with Crippen LogP contribution in [-0.2, 0) is 5.41 Å². The van der Waals surface area contributed by atoms with Gasteiger partial charge in [-0.05, 0) is 92.0 Å². The van der Waals surface area contributed by atoms with Crippen LogP contribution >= 0.6 is 0 Å². The maximum absolute atomic E-state index is 6.80. The molecule has 0 bridgehead atoms. The Kier molecular flexibility index (Phi) is 7.43. The van der Waals surface area contributed by atoms with Crippen LogP contribution in [0.1, 0.15) is 22.3 Å². The molecule has 0 saturated heterocycles. The van der Waals surface area contributed by atoms with Crippen LogP contribution in [-0.4, -0.2) is 4.98 Å². The van der Waals surface area contributed by atoms with Crippen LogP contribution in [0, 0.1) is 0 Å². The fraction of sp³-hybridized carbons (Fsp3) is 0.0185. The average Bonchev–Trinajstić information content (AvgIpc) is 3.79. The molecule has 0 aliphatic heterocycles. The molecule has 2 nitrogen and oxygen atoms in total. The lowest BCUT2D eigenvalue weighted by Crippen LogP contribution is -2.28. The number of nitrogens with zero attached hydrogens (tertiary/aromatic N) is 1. The maximum Gasteiger partial charge on any atom is 0.136 e. The van der Waals surface area contributed by atoms with Crippen LogP contribution in [0.3, 0.4) is 0 Å². The number of pyridine rings is 1. The molecule has 0 amide bonds. The second-order valence-electron chi connectivity index (χ2n) is 14.7. The largest absolute Gasteiger partial charge is 0.456 e. The number of aromatic nitrogens is 1. The molecule has 1 aliphatic carbocycles. The van der Waals surface area contributed by atoms with Crippen LogP contribution in [0.4, 0.5) is 0 Å². The van der Waals surface area contributed by atoms with Crippen LogP contribution in [0.2, 0.25) is 0 Å². The van der Waals surface area contributed by atoms with Gasteiger partial charge in [0.2, 0.25) is 0 Å². The standard InChI is InChI=1S/C54H35NO/c1-5-15-38(16-6-1)50-31-41(32-51(55-50)39-17-7-2-8-18-39)37-27-25-36(26-28-37)40-29-30-45-47-34-46-44-23-13-14-24-48(44)54(42-19-9-3-10-20-42,43-21-11-4-12-22-43)49(46)35-53(47)56-52(45)33-40/h1-35H. The molecule has 56 heavy (non-hydrogen) atoms. The average molecular weight is 714 g/mol. The second-order valence-corrected chi connectivity index (χ2v) is 14.7. The van der Waals surface area contributed by atoms with Gasteiger partial charge in [0.15, 0.2) is 0 Å². The molecule has 11 rings (SSSR count). The molecule has 0 N–H and O–H groups in total. The van der Waals surface area contributed by atoms with Gasteiger partial charge in [0.1, 0.15) is 11.2 Å². The zero-order valence-electron chi connectivity index (χ0n) is 30.6. The minimum atomic E-state index is -0.465. The van der Waals surface area contributed by atoms with Crippen LogP contribution in [0.15, 0.2) is 217 Å². The van der Waals surface area contributed by atoms with Gasteiger partial charge in [0, 0.05) is 21.9 Å². The molecule has 10 aromatic rings. The van der Waals surface area contributed by atoms with Gasteiger partial charge in [0.25, 0.3) is 0 Å². The summed E-state index contributed by atoms with van der Waals surface area (Å²) < 4.78 is 6.80. The third kappa shape index (κ3) is 5.07. The first-order chi connectivity index (χ1) is 27.7. The van der Waals surface area contributed by atoms with Gasteiger partial charge in [0.05, 0.1) is 16.8 Å². The van der Waals surface area contributed by atoms with Gasteiger partial charge < -0.3 is 4.42 Å². The fourth-order valence-electron chi connectivity index (χ4n) is 8.96. The van der Waals surface area contributed by atoms with E-state index in [1.807, 2.05) is 12.1 Å². The predicted octanol–water partition coefficient (Wildman–Crippen LogP) is 14.0. The van der Waals surface area contributed by atoms with E-state index in [1.54, 1.807) is 0 Å². The summed E-state index contributed by atoms with van der Waals surface area (Å²) in [5.74, 6) is 0. The Balaban J connectivity index is 1.01. The highest BCUT2D eigenvalue weighted by molar-refractivity contribution is 6.09. The Morgan fingerprint density at radius 1 is 0.321 bits per heavy atom. The highest BCUT2D eigenvalue weighted by Gasteiger charge is 2.46. The number of fused-ring (bicyclic) bond motifs is 6. The molecule has 0 fully saturated rings.